The van der Waals surface area contributed by atoms with Crippen LogP contribution in [0, 0.1) is 12.7 Å². The number of hydrogen-bond donors (Lipinski definition) is 2. The number of hydrogen-bond acceptors (Lipinski definition) is 4. The van der Waals surface area contributed by atoms with E-state index < -0.39 is 0 Å². The first-order valence-corrected chi connectivity index (χ1v) is 12.0. The van der Waals surface area contributed by atoms with E-state index in [4.69, 9.17) is 0 Å². The van der Waals surface area contributed by atoms with Gasteiger partial charge in [-0.15, -0.1) is 12.4 Å². The second kappa shape index (κ2) is 11.1. The fourth-order valence-corrected chi connectivity index (χ4v) is 4.82. The van der Waals surface area contributed by atoms with Gasteiger partial charge in [-0.05, 0) is 41.3 Å². The van der Waals surface area contributed by atoms with Gasteiger partial charge in [0.25, 0.3) is 11.8 Å². The Morgan fingerprint density at radius 3 is 2.51 bits per heavy atom. The number of aromatic nitrogens is 2. The highest BCUT2D eigenvalue weighted by molar-refractivity contribution is 6.02. The lowest BCUT2D eigenvalue weighted by Gasteiger charge is -2.27. The van der Waals surface area contributed by atoms with Gasteiger partial charge in [0.15, 0.2) is 0 Å². The number of carbonyl (C=O) groups excluding carboxylic acids is 2. The molecule has 1 aliphatic heterocycles. The zero-order valence-corrected chi connectivity index (χ0v) is 21.6. The van der Waals surface area contributed by atoms with Crippen molar-refractivity contribution in [3.63, 3.8) is 0 Å². The Balaban J connectivity index is 0.00000320. The van der Waals surface area contributed by atoms with E-state index in [1.165, 1.54) is 12.3 Å². The van der Waals surface area contributed by atoms with E-state index in [0.29, 0.717) is 54.9 Å². The van der Waals surface area contributed by atoms with Crippen molar-refractivity contribution in [2.75, 3.05) is 33.2 Å². The van der Waals surface area contributed by atoms with Crippen LogP contribution < -0.4 is 10.6 Å². The molecule has 0 bridgehead atoms. The fourth-order valence-electron chi connectivity index (χ4n) is 4.82. The summed E-state index contributed by atoms with van der Waals surface area (Å²) in [5.41, 5.74) is 5.32. The third kappa shape index (κ3) is 4.95. The first-order chi connectivity index (χ1) is 17.5. The minimum Gasteiger partial charge on any atom is -0.355 e. The Hall–Kier alpha value is -3.75. The Morgan fingerprint density at radius 2 is 1.81 bits per heavy atom. The number of rotatable bonds is 5. The van der Waals surface area contributed by atoms with Gasteiger partial charge in [-0.3, -0.25) is 9.59 Å². The van der Waals surface area contributed by atoms with E-state index in [2.05, 4.69) is 15.7 Å². The lowest BCUT2D eigenvalue weighted by Crippen LogP contribution is -2.47. The molecule has 0 aliphatic carbocycles. The number of fused-ring (bicyclic) bond motifs is 1. The molecule has 0 saturated carbocycles. The largest absolute Gasteiger partial charge is 0.355 e. The summed E-state index contributed by atoms with van der Waals surface area (Å²) < 4.78 is 16.1. The highest BCUT2D eigenvalue weighted by atomic mass is 35.5. The summed E-state index contributed by atoms with van der Waals surface area (Å²) in [6.07, 6.45) is 1.83. The number of amides is 2. The van der Waals surface area contributed by atoms with Crippen molar-refractivity contribution in [1.29, 1.82) is 0 Å². The molecule has 2 N–H and O–H groups in total. The smallest absolute Gasteiger partial charge is 0.272 e. The fraction of sp³-hybridized carbons (Fsp3) is 0.250. The minimum absolute atomic E-state index is 0. The number of piperazine rings is 1. The predicted molar refractivity (Wildman–Crippen MR) is 144 cm³/mol. The van der Waals surface area contributed by atoms with E-state index >= 15 is 0 Å². The molecule has 0 spiro atoms. The van der Waals surface area contributed by atoms with Crippen LogP contribution in [0.15, 0.2) is 60.8 Å². The zero-order chi connectivity index (χ0) is 25.2. The Kier molecular flexibility index (Phi) is 7.90. The van der Waals surface area contributed by atoms with Crippen LogP contribution in [-0.2, 0) is 6.42 Å². The molecule has 2 aromatic heterocycles. The van der Waals surface area contributed by atoms with Gasteiger partial charge in [0.2, 0.25) is 0 Å². The molecule has 1 aliphatic rings. The van der Waals surface area contributed by atoms with Gasteiger partial charge in [0.1, 0.15) is 11.5 Å². The molecular weight excluding hydrogens is 493 g/mol. The number of halogens is 2. The van der Waals surface area contributed by atoms with Gasteiger partial charge >= 0.3 is 0 Å². The number of benzene rings is 2. The van der Waals surface area contributed by atoms with E-state index in [9.17, 15) is 14.0 Å². The van der Waals surface area contributed by atoms with Crippen molar-refractivity contribution in [3.8, 4) is 11.1 Å². The van der Waals surface area contributed by atoms with Gasteiger partial charge in [0.05, 0.1) is 17.3 Å². The molecule has 192 valence electrons. The van der Waals surface area contributed by atoms with Crippen LogP contribution in [0.25, 0.3) is 16.6 Å². The normalized spacial score (nSPS) is 13.3. The van der Waals surface area contributed by atoms with E-state index in [1.54, 1.807) is 30.6 Å². The van der Waals surface area contributed by atoms with Gasteiger partial charge < -0.3 is 15.5 Å². The summed E-state index contributed by atoms with van der Waals surface area (Å²) >= 11 is 0. The Labute approximate surface area is 221 Å². The summed E-state index contributed by atoms with van der Waals surface area (Å²) in [7, 11) is 1.57. The standard InChI is InChI=1S/C28H28FN5O2.ClH/c1-18-20(9-6-10-23(18)29)15-22-25(19-7-4-3-5-8-19)24-16-21(27(35)30-2)17-32-34(24)26(22)28(36)33-13-11-31-12-14-33;/h3-10,16-17,31H,11-15H2,1-2H3,(H,30,35);1H. The van der Waals surface area contributed by atoms with Crippen LogP contribution >= 0.6 is 12.4 Å². The average Bonchev–Trinajstić information content (AvgIpc) is 3.24. The lowest BCUT2D eigenvalue weighted by molar-refractivity contribution is 0.0726. The van der Waals surface area contributed by atoms with Crippen molar-refractivity contribution in [2.45, 2.75) is 13.3 Å². The molecule has 7 nitrogen and oxygen atoms in total. The highest BCUT2D eigenvalue weighted by Gasteiger charge is 2.30. The molecule has 0 atom stereocenters. The molecule has 2 amide bonds. The zero-order valence-electron chi connectivity index (χ0n) is 20.8. The molecule has 1 saturated heterocycles. The van der Waals surface area contributed by atoms with E-state index in [1.807, 2.05) is 41.3 Å². The average molecular weight is 522 g/mol. The SMILES string of the molecule is CNC(=O)c1cnn2c(C(=O)N3CCNCC3)c(Cc3cccc(F)c3C)c(-c3ccccc3)c2c1.Cl. The van der Waals surface area contributed by atoms with Crippen molar-refractivity contribution < 1.29 is 14.0 Å². The van der Waals surface area contributed by atoms with Crippen LogP contribution in [0.2, 0.25) is 0 Å². The molecule has 0 unspecified atom stereocenters. The Morgan fingerprint density at radius 1 is 1.08 bits per heavy atom. The monoisotopic (exact) mass is 521 g/mol. The van der Waals surface area contributed by atoms with Crippen molar-refractivity contribution in [3.05, 3.63) is 94.6 Å². The van der Waals surface area contributed by atoms with E-state index in [0.717, 1.165) is 22.3 Å². The molecular formula is C28H29ClFN5O2. The molecule has 5 rings (SSSR count). The summed E-state index contributed by atoms with van der Waals surface area (Å²) in [6, 6.07) is 16.5. The molecule has 37 heavy (non-hydrogen) atoms. The van der Waals surface area contributed by atoms with Crippen molar-refractivity contribution >= 4 is 29.7 Å². The first kappa shape index (κ1) is 26.3. The summed E-state index contributed by atoms with van der Waals surface area (Å²) in [6.45, 7) is 4.35. The number of carbonyl (C=O) groups is 2. The highest BCUT2D eigenvalue weighted by Crippen LogP contribution is 2.36. The molecule has 9 heteroatoms. The predicted octanol–water partition coefficient (Wildman–Crippen LogP) is 3.87. The topological polar surface area (TPSA) is 78.7 Å². The first-order valence-electron chi connectivity index (χ1n) is 12.0. The van der Waals surface area contributed by atoms with Crippen LogP contribution in [-0.4, -0.2) is 59.6 Å². The van der Waals surface area contributed by atoms with Crippen LogP contribution in [0.4, 0.5) is 4.39 Å². The van der Waals surface area contributed by atoms with Crippen molar-refractivity contribution in [2.24, 2.45) is 0 Å². The van der Waals surface area contributed by atoms with Gasteiger partial charge in [0, 0.05) is 45.2 Å². The van der Waals surface area contributed by atoms with Crippen molar-refractivity contribution in [1.82, 2.24) is 25.1 Å². The van der Waals surface area contributed by atoms with Gasteiger partial charge in [-0.25, -0.2) is 8.91 Å². The van der Waals surface area contributed by atoms with Crippen LogP contribution in [0.5, 0.6) is 0 Å². The maximum atomic E-state index is 14.5. The quantitative estimate of drug-likeness (QED) is 0.418. The minimum atomic E-state index is -0.285. The maximum absolute atomic E-state index is 14.5. The number of nitrogens with one attached hydrogen (secondary N) is 2. The number of nitrogens with zero attached hydrogens (tertiary/aromatic N) is 3. The Bertz CT molecular complexity index is 1450. The summed E-state index contributed by atoms with van der Waals surface area (Å²) in [4.78, 5) is 28.3. The second-order valence-electron chi connectivity index (χ2n) is 8.93. The molecule has 2 aromatic carbocycles. The molecule has 3 heterocycles. The van der Waals surface area contributed by atoms with Gasteiger partial charge in [-0.1, -0.05) is 42.5 Å². The lowest BCUT2D eigenvalue weighted by atomic mass is 9.93. The second-order valence-corrected chi connectivity index (χ2v) is 8.93. The van der Waals surface area contributed by atoms with Gasteiger partial charge in [-0.2, -0.15) is 5.10 Å². The maximum Gasteiger partial charge on any atom is 0.272 e. The summed E-state index contributed by atoms with van der Waals surface area (Å²) in [5, 5.41) is 10.5. The molecule has 0 radical (unpaired) electrons. The van der Waals surface area contributed by atoms with Crippen LogP contribution in [0.3, 0.4) is 0 Å². The molecule has 4 aromatic rings. The van der Waals surface area contributed by atoms with E-state index in [-0.39, 0.29) is 30.0 Å². The van der Waals surface area contributed by atoms with Crippen LogP contribution in [0.1, 0.15) is 37.5 Å². The molecule has 1 fully saturated rings. The third-order valence-corrected chi connectivity index (χ3v) is 6.79. The summed E-state index contributed by atoms with van der Waals surface area (Å²) in [5.74, 6) is -0.673. The third-order valence-electron chi connectivity index (χ3n) is 6.79.